The van der Waals surface area contributed by atoms with Crippen LogP contribution in [0.4, 0.5) is 0 Å². The van der Waals surface area contributed by atoms with Crippen molar-refractivity contribution in [3.05, 3.63) is 59.7 Å². The van der Waals surface area contributed by atoms with Gasteiger partial charge in [0, 0.05) is 18.3 Å². The van der Waals surface area contributed by atoms with E-state index in [0.717, 1.165) is 11.1 Å². The molecule has 2 amide bonds. The number of benzene rings is 2. The first-order valence-corrected chi connectivity index (χ1v) is 11.6. The Balaban J connectivity index is 0.000000612. The fraction of sp³-hybridized carbons (Fsp3) is 0.346. The molecule has 0 aliphatic carbocycles. The number of hydrogen-bond acceptors (Lipinski definition) is 8. The van der Waals surface area contributed by atoms with Crippen molar-refractivity contribution >= 4 is 30.0 Å². The summed E-state index contributed by atoms with van der Waals surface area (Å²) in [6.07, 6.45) is 0.360. The van der Waals surface area contributed by atoms with Gasteiger partial charge in [0.2, 0.25) is 11.8 Å². The molecule has 0 aliphatic heterocycles. The van der Waals surface area contributed by atoms with Crippen molar-refractivity contribution in [1.82, 2.24) is 10.6 Å². The largest absolute Gasteiger partial charge is 0.508 e. The van der Waals surface area contributed by atoms with Gasteiger partial charge >= 0.3 is 11.9 Å². The van der Waals surface area contributed by atoms with E-state index >= 15 is 0 Å². The maximum absolute atomic E-state index is 12.3. The number of rotatable bonds is 13. The van der Waals surface area contributed by atoms with Crippen molar-refractivity contribution in [1.29, 1.82) is 0 Å². The quantitative estimate of drug-likeness (QED) is 0.181. The summed E-state index contributed by atoms with van der Waals surface area (Å²) >= 11 is 0. The van der Waals surface area contributed by atoms with Gasteiger partial charge in [0.15, 0.2) is 0 Å². The van der Waals surface area contributed by atoms with Gasteiger partial charge in [-0.15, -0.1) is 0 Å². The second kappa shape index (κ2) is 15.0. The van der Waals surface area contributed by atoms with Crippen molar-refractivity contribution in [3.63, 3.8) is 0 Å². The number of phenolic OH excluding ortho intramolecular Hbond substituents is 2. The lowest BCUT2D eigenvalue weighted by Gasteiger charge is -2.31. The van der Waals surface area contributed by atoms with E-state index in [4.69, 9.17) is 15.9 Å². The molecule has 12 heteroatoms. The van der Waals surface area contributed by atoms with Gasteiger partial charge in [-0.2, -0.15) is 0 Å². The Morgan fingerprint density at radius 3 is 1.66 bits per heavy atom. The third kappa shape index (κ3) is 9.90. The van der Waals surface area contributed by atoms with Crippen LogP contribution in [0.2, 0.25) is 0 Å². The van der Waals surface area contributed by atoms with Crippen LogP contribution in [-0.2, 0) is 29.4 Å². The summed E-state index contributed by atoms with van der Waals surface area (Å²) in [7, 11) is 1.46. The number of carboxylic acid groups (broad SMARTS) is 2. The number of aliphatic carboxylic acids is 2. The van der Waals surface area contributed by atoms with Crippen LogP contribution in [-0.4, -0.2) is 69.6 Å². The first-order valence-electron chi connectivity index (χ1n) is 11.6. The maximum atomic E-state index is 12.3. The van der Waals surface area contributed by atoms with E-state index in [0.29, 0.717) is 12.7 Å². The first-order chi connectivity index (χ1) is 17.8. The number of nitrogens with two attached hydrogens (primary N) is 1. The summed E-state index contributed by atoms with van der Waals surface area (Å²) in [5.74, 6) is -3.19. The van der Waals surface area contributed by atoms with Crippen molar-refractivity contribution in [3.8, 4) is 11.5 Å². The molecule has 8 N–H and O–H groups in total. The molecule has 2 unspecified atom stereocenters. The van der Waals surface area contributed by atoms with Crippen LogP contribution < -0.4 is 16.4 Å². The summed E-state index contributed by atoms with van der Waals surface area (Å²) < 4.78 is 0. The number of carbonyl (C=O) groups excluding carboxylic acids is 3. The van der Waals surface area contributed by atoms with E-state index in [1.165, 1.54) is 7.05 Å². The lowest BCUT2D eigenvalue weighted by molar-refractivity contribution is -0.142. The van der Waals surface area contributed by atoms with E-state index in [9.17, 15) is 34.2 Å². The van der Waals surface area contributed by atoms with Crippen molar-refractivity contribution in [2.75, 3.05) is 7.05 Å². The van der Waals surface area contributed by atoms with Gasteiger partial charge in [0.05, 0.1) is 6.42 Å². The van der Waals surface area contributed by atoms with Gasteiger partial charge in [-0.1, -0.05) is 31.2 Å². The topological polar surface area (TPSA) is 216 Å². The molecule has 0 saturated carbocycles. The highest BCUT2D eigenvalue weighted by atomic mass is 16.4. The number of likely N-dealkylation sites (N-methyl/N-ethyl adjacent to an activating group) is 1. The zero-order chi connectivity index (χ0) is 28.9. The minimum atomic E-state index is -1.26. The van der Waals surface area contributed by atoms with Gasteiger partial charge < -0.3 is 41.6 Å². The van der Waals surface area contributed by atoms with Crippen LogP contribution in [0.1, 0.15) is 43.7 Å². The van der Waals surface area contributed by atoms with Gasteiger partial charge in [0.1, 0.15) is 29.9 Å². The van der Waals surface area contributed by atoms with Gasteiger partial charge in [0.25, 0.3) is 0 Å². The Morgan fingerprint density at radius 2 is 1.34 bits per heavy atom. The molecule has 0 heterocycles. The number of amides is 2. The normalized spacial score (nSPS) is 12.3. The van der Waals surface area contributed by atoms with Crippen LogP contribution in [0, 0.1) is 0 Å². The predicted molar refractivity (Wildman–Crippen MR) is 136 cm³/mol. The molecule has 0 radical (unpaired) electrons. The van der Waals surface area contributed by atoms with Crippen LogP contribution in [0.15, 0.2) is 48.5 Å². The molecule has 0 aromatic heterocycles. The molecule has 38 heavy (non-hydrogen) atoms. The van der Waals surface area contributed by atoms with Crippen molar-refractivity contribution < 1.29 is 44.4 Å². The number of hydrogen-bond donors (Lipinski definition) is 7. The minimum absolute atomic E-state index is 0.0287. The van der Waals surface area contributed by atoms with E-state index in [1.807, 2.05) is 6.92 Å². The number of aromatic hydroxyl groups is 2. The highest BCUT2D eigenvalue weighted by molar-refractivity contribution is 5.85. The fourth-order valence-electron chi connectivity index (χ4n) is 3.58. The molecule has 2 aromatic carbocycles. The first kappa shape index (κ1) is 31.6. The average molecular weight is 532 g/mol. The lowest BCUT2D eigenvalue weighted by atomic mass is 9.73. The molecule has 0 spiro atoms. The summed E-state index contributed by atoms with van der Waals surface area (Å²) in [5, 5.41) is 41.3. The van der Waals surface area contributed by atoms with Crippen LogP contribution >= 0.6 is 0 Å². The van der Waals surface area contributed by atoms with Gasteiger partial charge in [-0.3, -0.25) is 14.4 Å². The molecule has 2 atom stereocenters. The third-order valence-electron chi connectivity index (χ3n) is 5.88. The number of aldehydes is 1. The second-order valence-corrected chi connectivity index (χ2v) is 8.64. The molecular formula is C26H33N3O9. The second-order valence-electron chi connectivity index (χ2n) is 8.64. The van der Waals surface area contributed by atoms with Gasteiger partial charge in [-0.25, -0.2) is 4.79 Å². The van der Waals surface area contributed by atoms with Crippen molar-refractivity contribution in [2.45, 2.75) is 50.1 Å². The molecule has 12 nitrogen and oxygen atoms in total. The predicted octanol–water partition coefficient (Wildman–Crippen LogP) is 0.877. The van der Waals surface area contributed by atoms with Crippen LogP contribution in [0.5, 0.6) is 11.5 Å². The molecule has 2 aromatic rings. The molecular weight excluding hydrogens is 498 g/mol. The van der Waals surface area contributed by atoms with Gasteiger partial charge in [-0.05, 0) is 48.9 Å². The molecule has 0 aliphatic rings. The summed E-state index contributed by atoms with van der Waals surface area (Å²) in [6, 6.07) is 11.1. The Morgan fingerprint density at radius 1 is 0.895 bits per heavy atom. The van der Waals surface area contributed by atoms with E-state index in [2.05, 4.69) is 10.6 Å². The van der Waals surface area contributed by atoms with Crippen molar-refractivity contribution in [2.24, 2.45) is 5.73 Å². The Hall–Kier alpha value is -4.45. The van der Waals surface area contributed by atoms with Crippen LogP contribution in [0.25, 0.3) is 0 Å². The smallest absolute Gasteiger partial charge is 0.326 e. The minimum Gasteiger partial charge on any atom is -0.508 e. The maximum Gasteiger partial charge on any atom is 0.326 e. The number of phenols is 2. The number of nitrogens with one attached hydrogen (secondary N) is 2. The molecule has 206 valence electrons. The summed E-state index contributed by atoms with van der Waals surface area (Å²) in [4.78, 5) is 54.4. The average Bonchev–Trinajstić information content (AvgIpc) is 2.86. The van der Waals surface area contributed by atoms with E-state index in [1.54, 1.807) is 48.5 Å². The molecule has 0 bridgehead atoms. The Kier molecular flexibility index (Phi) is 12.4. The summed E-state index contributed by atoms with van der Waals surface area (Å²) in [5.41, 5.74) is 5.85. The Bertz CT molecular complexity index is 1060. The number of carbonyl (C=O) groups is 5. The number of carboxylic acids is 2. The Labute approximate surface area is 219 Å². The van der Waals surface area contributed by atoms with E-state index < -0.39 is 41.3 Å². The standard InChI is InChI=1S/C21H23NO6.C5H10N2O3/c1-21(14-2-6-16(24)7-3-14,15-4-8-17(25)9-5-15)12-10-19(26)22-18(11-13-23)20(27)28;1-7-3(5(9)10)2-4(6)8/h2-9,13,18,24-25H,10-12H2,1H3,(H,22,26)(H,27,28);3,7H,2H2,1H3,(H2,6,8)(H,9,10). The molecule has 0 fully saturated rings. The monoisotopic (exact) mass is 531 g/mol. The lowest BCUT2D eigenvalue weighted by Crippen LogP contribution is -2.41. The highest BCUT2D eigenvalue weighted by Crippen LogP contribution is 2.37. The SMILES string of the molecule is CC(CCC(=O)NC(CC=O)C(=O)O)(c1ccc(O)cc1)c1ccc(O)cc1.CNC(CC(N)=O)C(=O)O. The molecule has 0 saturated heterocycles. The highest BCUT2D eigenvalue weighted by Gasteiger charge is 2.30. The summed E-state index contributed by atoms with van der Waals surface area (Å²) in [6.45, 7) is 1.93. The molecule has 2 rings (SSSR count). The van der Waals surface area contributed by atoms with Crippen LogP contribution in [0.3, 0.4) is 0 Å². The fourth-order valence-corrected chi connectivity index (χ4v) is 3.58. The third-order valence-corrected chi connectivity index (χ3v) is 5.88. The zero-order valence-electron chi connectivity index (χ0n) is 21.1. The van der Waals surface area contributed by atoms with E-state index in [-0.39, 0.29) is 30.8 Å². The number of primary amides is 1. The zero-order valence-corrected chi connectivity index (χ0v) is 21.1.